The molecule has 2 heterocycles. The van der Waals surface area contributed by atoms with Crippen LogP contribution in [0.3, 0.4) is 0 Å². The van der Waals surface area contributed by atoms with Gasteiger partial charge in [0, 0.05) is 11.0 Å². The summed E-state index contributed by atoms with van der Waals surface area (Å²) < 4.78 is 12.5. The maximum absolute atomic E-state index is 12.7. The minimum atomic E-state index is -0.461. The molecule has 3 spiro atoms. The highest BCUT2D eigenvalue weighted by atomic mass is 16.7. The van der Waals surface area contributed by atoms with Crippen LogP contribution in [-0.4, -0.2) is 41.4 Å². The smallest absolute Gasteiger partial charge is 0.192 e. The summed E-state index contributed by atoms with van der Waals surface area (Å²) in [5.74, 6) is 1.28. The van der Waals surface area contributed by atoms with E-state index in [0.717, 1.165) is 18.9 Å². The van der Waals surface area contributed by atoms with Crippen molar-refractivity contribution >= 4 is 5.78 Å². The third-order valence-electron chi connectivity index (χ3n) is 9.85. The molecule has 4 nitrogen and oxygen atoms in total. The third-order valence-corrected chi connectivity index (χ3v) is 9.85. The maximum Gasteiger partial charge on any atom is 0.192 e. The summed E-state index contributed by atoms with van der Waals surface area (Å²) in [5, 5.41) is 9.74. The first-order valence-corrected chi connectivity index (χ1v) is 10.5. The van der Waals surface area contributed by atoms with Gasteiger partial charge in [0.2, 0.25) is 0 Å². The van der Waals surface area contributed by atoms with Gasteiger partial charge in [0.05, 0.1) is 13.2 Å². The van der Waals surface area contributed by atoms with Crippen LogP contribution in [0.5, 0.6) is 0 Å². The lowest BCUT2D eigenvalue weighted by molar-refractivity contribution is -0.291. The molecule has 1 N–H and O–H groups in total. The van der Waals surface area contributed by atoms with Crippen molar-refractivity contribution in [3.8, 4) is 0 Å². The first-order chi connectivity index (χ1) is 12.3. The Labute approximate surface area is 155 Å². The molecule has 2 aliphatic heterocycles. The molecule has 0 aromatic carbocycles. The van der Waals surface area contributed by atoms with Gasteiger partial charge in [-0.1, -0.05) is 27.2 Å². The number of fused-ring (bicyclic) bond motifs is 2. The molecular weight excluding hydrogens is 328 g/mol. The molecule has 0 unspecified atom stereocenters. The number of aliphatic hydroxyl groups excluding tert-OH is 1. The Bertz CT molecular complexity index is 755. The lowest BCUT2D eigenvalue weighted by atomic mass is 9.41. The van der Waals surface area contributed by atoms with E-state index in [1.54, 1.807) is 0 Å². The van der Waals surface area contributed by atoms with Gasteiger partial charge in [-0.25, -0.2) is 0 Å². The number of ether oxygens (including phenoxy) is 2. The van der Waals surface area contributed by atoms with Crippen LogP contribution in [0.2, 0.25) is 0 Å². The molecule has 0 aromatic rings. The van der Waals surface area contributed by atoms with Crippen molar-refractivity contribution in [3.05, 3.63) is 11.6 Å². The summed E-state index contributed by atoms with van der Waals surface area (Å²) in [6, 6.07) is 0. The van der Waals surface area contributed by atoms with Gasteiger partial charge in [-0.2, -0.15) is 0 Å². The highest BCUT2D eigenvalue weighted by Crippen LogP contribution is 2.81. The zero-order valence-electron chi connectivity index (χ0n) is 16.1. The third kappa shape index (κ3) is 1.39. The second-order valence-corrected chi connectivity index (χ2v) is 11.0. The Kier molecular flexibility index (Phi) is 2.70. The van der Waals surface area contributed by atoms with E-state index in [2.05, 4.69) is 20.8 Å². The summed E-state index contributed by atoms with van der Waals surface area (Å²) >= 11 is 0. The molecule has 0 amide bonds. The average molecular weight is 358 g/mol. The average Bonchev–Trinajstić information content (AvgIpc) is 3.28. The summed E-state index contributed by atoms with van der Waals surface area (Å²) in [4.78, 5) is 12.7. The number of ketones is 1. The van der Waals surface area contributed by atoms with Crippen molar-refractivity contribution in [1.82, 2.24) is 0 Å². The van der Waals surface area contributed by atoms with Crippen LogP contribution in [0.15, 0.2) is 11.6 Å². The molecule has 3 saturated carbocycles. The lowest BCUT2D eigenvalue weighted by Crippen LogP contribution is -2.71. The van der Waals surface area contributed by atoms with E-state index >= 15 is 0 Å². The second-order valence-electron chi connectivity index (χ2n) is 11.0. The highest BCUT2D eigenvalue weighted by Gasteiger charge is 2.90. The molecule has 5 fully saturated rings. The molecule has 7 atom stereocenters. The lowest BCUT2D eigenvalue weighted by Gasteiger charge is -2.67. The molecule has 0 radical (unpaired) electrons. The standard InChI is InChI=1S/C22H30O4/c1-18(2)6-4-7-19(3)14(18)5-8-20-12-25-22(20)9-13(11-23)16(24)17-21(22,26-17)10-15(19)20/h9,14-15,17,23H,4-8,10-12H2,1-3H3/t14-,15+,17+,19-,20-,21+,22-/m0/s1. The van der Waals surface area contributed by atoms with Crippen LogP contribution >= 0.6 is 0 Å². The Hall–Kier alpha value is -0.710. The van der Waals surface area contributed by atoms with Gasteiger partial charge in [-0.05, 0) is 60.8 Å². The highest BCUT2D eigenvalue weighted by molar-refractivity contribution is 6.04. The van der Waals surface area contributed by atoms with Crippen molar-refractivity contribution in [2.75, 3.05) is 13.2 Å². The van der Waals surface area contributed by atoms with Gasteiger partial charge in [-0.3, -0.25) is 4.79 Å². The van der Waals surface area contributed by atoms with E-state index in [-0.39, 0.29) is 23.9 Å². The number of carbonyl (C=O) groups excluding carboxylic acids is 1. The number of Topliss-reactive ketones (excluding diaryl/α,β-unsaturated/α-hetero) is 1. The maximum atomic E-state index is 12.7. The van der Waals surface area contributed by atoms with Crippen molar-refractivity contribution in [2.24, 2.45) is 28.1 Å². The molecule has 4 heteroatoms. The Morgan fingerprint density at radius 2 is 2.00 bits per heavy atom. The number of rotatable bonds is 1. The fourth-order valence-electron chi connectivity index (χ4n) is 8.76. The van der Waals surface area contributed by atoms with Crippen molar-refractivity contribution in [1.29, 1.82) is 0 Å². The van der Waals surface area contributed by atoms with Crippen LogP contribution in [-0.2, 0) is 14.3 Å². The van der Waals surface area contributed by atoms with E-state index in [4.69, 9.17) is 9.47 Å². The summed E-state index contributed by atoms with van der Waals surface area (Å²) in [7, 11) is 0. The zero-order valence-corrected chi connectivity index (χ0v) is 16.1. The summed E-state index contributed by atoms with van der Waals surface area (Å²) in [6.45, 7) is 8.05. The van der Waals surface area contributed by atoms with Gasteiger partial charge in [-0.15, -0.1) is 0 Å². The van der Waals surface area contributed by atoms with E-state index in [1.165, 1.54) is 32.1 Å². The number of aliphatic hydroxyl groups is 1. The molecule has 142 valence electrons. The molecule has 2 saturated heterocycles. The number of epoxide rings is 1. The second kappa shape index (κ2) is 4.31. The van der Waals surface area contributed by atoms with E-state index in [9.17, 15) is 9.90 Å². The van der Waals surface area contributed by atoms with Gasteiger partial charge in [0.15, 0.2) is 11.9 Å². The van der Waals surface area contributed by atoms with Crippen LogP contribution in [0.1, 0.15) is 59.3 Å². The van der Waals surface area contributed by atoms with Gasteiger partial charge in [0.25, 0.3) is 0 Å². The van der Waals surface area contributed by atoms with Gasteiger partial charge in [0.1, 0.15) is 11.2 Å². The Balaban J connectivity index is 1.51. The molecule has 6 rings (SSSR count). The molecular formula is C22H30O4. The minimum absolute atomic E-state index is 0.00639. The molecule has 0 aromatic heterocycles. The SMILES string of the molecule is CC1(C)CCC[C@]2(C)[C@H]3C[C@@]45O[C@@H]4C(=O)C(CO)=C[C@@]54OC[C@@]34CC[C@@H]12. The van der Waals surface area contributed by atoms with Crippen molar-refractivity contribution in [3.63, 3.8) is 0 Å². The number of carbonyl (C=O) groups is 1. The minimum Gasteiger partial charge on any atom is -0.392 e. The predicted octanol–water partition coefficient (Wildman–Crippen LogP) is 3.03. The zero-order chi connectivity index (χ0) is 18.2. The van der Waals surface area contributed by atoms with Crippen molar-refractivity contribution in [2.45, 2.75) is 76.6 Å². The quantitative estimate of drug-likeness (QED) is 0.732. The van der Waals surface area contributed by atoms with E-state index < -0.39 is 11.2 Å². The summed E-state index contributed by atoms with van der Waals surface area (Å²) in [6.07, 6.45) is 8.91. The summed E-state index contributed by atoms with van der Waals surface area (Å²) in [5.41, 5.74) is 0.405. The Morgan fingerprint density at radius 3 is 2.69 bits per heavy atom. The van der Waals surface area contributed by atoms with Gasteiger partial charge < -0.3 is 14.6 Å². The van der Waals surface area contributed by atoms with Crippen LogP contribution in [0, 0.1) is 28.1 Å². The van der Waals surface area contributed by atoms with Crippen LogP contribution < -0.4 is 0 Å². The fourth-order valence-corrected chi connectivity index (χ4v) is 8.76. The topological polar surface area (TPSA) is 59.1 Å². The first kappa shape index (κ1) is 16.3. The molecule has 4 aliphatic carbocycles. The molecule has 26 heavy (non-hydrogen) atoms. The van der Waals surface area contributed by atoms with Crippen LogP contribution in [0.25, 0.3) is 0 Å². The molecule has 6 aliphatic rings. The Morgan fingerprint density at radius 1 is 1.19 bits per heavy atom. The van der Waals surface area contributed by atoms with Crippen molar-refractivity contribution < 1.29 is 19.4 Å². The normalized spacial score (nSPS) is 58.4. The first-order valence-electron chi connectivity index (χ1n) is 10.5. The monoisotopic (exact) mass is 358 g/mol. The predicted molar refractivity (Wildman–Crippen MR) is 95.5 cm³/mol. The van der Waals surface area contributed by atoms with Gasteiger partial charge >= 0.3 is 0 Å². The fraction of sp³-hybridized carbons (Fsp3) is 0.864. The molecule has 0 bridgehead atoms. The number of hydrogen-bond acceptors (Lipinski definition) is 4. The van der Waals surface area contributed by atoms with E-state index in [1.807, 2.05) is 6.08 Å². The van der Waals surface area contributed by atoms with Crippen LogP contribution in [0.4, 0.5) is 0 Å². The van der Waals surface area contributed by atoms with E-state index in [0.29, 0.717) is 22.3 Å². The number of hydrogen-bond donors (Lipinski definition) is 1. The largest absolute Gasteiger partial charge is 0.392 e.